The standard InChI is InChI=1S/C9H12S4/c10-8-5-9(13-12-8)11-6-7-3-1-2-4-7/h5,7H,1-4,6H2. The highest BCUT2D eigenvalue weighted by molar-refractivity contribution is 8.02. The van der Waals surface area contributed by atoms with Gasteiger partial charge in [0.2, 0.25) is 0 Å². The highest BCUT2D eigenvalue weighted by Crippen LogP contribution is 2.34. The van der Waals surface area contributed by atoms with E-state index in [1.54, 1.807) is 10.3 Å². The first-order chi connectivity index (χ1) is 6.34. The number of thioether (sulfide) groups is 1. The van der Waals surface area contributed by atoms with Crippen molar-refractivity contribution in [3.8, 4) is 0 Å². The van der Waals surface area contributed by atoms with Gasteiger partial charge < -0.3 is 0 Å². The third-order valence-electron chi connectivity index (χ3n) is 2.38. The Morgan fingerprint density at radius 2 is 2.15 bits per heavy atom. The first kappa shape index (κ1) is 10.1. The lowest BCUT2D eigenvalue weighted by Crippen LogP contribution is -1.95. The topological polar surface area (TPSA) is 0 Å². The molecule has 0 amide bonds. The summed E-state index contributed by atoms with van der Waals surface area (Å²) in [6.45, 7) is 0. The predicted octanol–water partition coefficient (Wildman–Crippen LogP) is 4.82. The van der Waals surface area contributed by atoms with E-state index in [2.05, 4.69) is 6.07 Å². The van der Waals surface area contributed by atoms with Gasteiger partial charge in [0, 0.05) is 5.75 Å². The molecule has 1 aromatic rings. The van der Waals surface area contributed by atoms with Crippen LogP contribution in [0.1, 0.15) is 25.7 Å². The molecule has 13 heavy (non-hydrogen) atoms. The van der Waals surface area contributed by atoms with Gasteiger partial charge in [0.15, 0.2) is 0 Å². The van der Waals surface area contributed by atoms with Crippen molar-refractivity contribution in [2.24, 2.45) is 5.92 Å². The monoisotopic (exact) mass is 248 g/mol. The Labute approximate surface area is 95.8 Å². The van der Waals surface area contributed by atoms with Crippen LogP contribution in [0.25, 0.3) is 0 Å². The summed E-state index contributed by atoms with van der Waals surface area (Å²) in [7, 11) is 3.56. The van der Waals surface area contributed by atoms with Gasteiger partial charge in [-0.25, -0.2) is 0 Å². The summed E-state index contributed by atoms with van der Waals surface area (Å²) < 4.78 is 2.46. The molecule has 1 saturated carbocycles. The minimum Gasteiger partial charge on any atom is -0.114 e. The van der Waals surface area contributed by atoms with Crippen molar-refractivity contribution < 1.29 is 0 Å². The molecule has 0 aromatic carbocycles. The summed E-state index contributed by atoms with van der Waals surface area (Å²) in [4.78, 5) is 0. The average molecular weight is 248 g/mol. The molecule has 0 atom stereocenters. The molecule has 0 unspecified atom stereocenters. The van der Waals surface area contributed by atoms with Gasteiger partial charge in [-0.2, -0.15) is 0 Å². The summed E-state index contributed by atoms with van der Waals surface area (Å²) >= 11 is 7.10. The quantitative estimate of drug-likeness (QED) is 0.427. The van der Waals surface area contributed by atoms with Crippen LogP contribution in [-0.2, 0) is 0 Å². The fraction of sp³-hybridized carbons (Fsp3) is 0.667. The fourth-order valence-corrected chi connectivity index (χ4v) is 5.74. The van der Waals surface area contributed by atoms with Crippen LogP contribution in [0.15, 0.2) is 10.3 Å². The van der Waals surface area contributed by atoms with Crippen LogP contribution in [0, 0.1) is 9.74 Å². The molecule has 0 radical (unpaired) electrons. The molecule has 1 aliphatic carbocycles. The van der Waals surface area contributed by atoms with E-state index in [0.29, 0.717) is 0 Å². The largest absolute Gasteiger partial charge is 0.114 e. The summed E-state index contributed by atoms with van der Waals surface area (Å²) in [5, 5.41) is 0. The van der Waals surface area contributed by atoms with Crippen LogP contribution >= 0.6 is 44.7 Å². The molecule has 0 bridgehead atoms. The van der Waals surface area contributed by atoms with Crippen LogP contribution in [0.4, 0.5) is 0 Å². The van der Waals surface area contributed by atoms with Crippen LogP contribution in [0.5, 0.6) is 0 Å². The highest BCUT2D eigenvalue weighted by Gasteiger charge is 2.15. The molecule has 0 nitrogen and oxygen atoms in total. The first-order valence-electron chi connectivity index (χ1n) is 4.57. The molecule has 72 valence electrons. The lowest BCUT2D eigenvalue weighted by Gasteiger charge is -2.05. The summed E-state index contributed by atoms with van der Waals surface area (Å²) in [6.07, 6.45) is 5.79. The van der Waals surface area contributed by atoms with Crippen LogP contribution < -0.4 is 0 Å². The maximum Gasteiger partial charge on any atom is 0.103 e. The zero-order chi connectivity index (χ0) is 9.10. The van der Waals surface area contributed by atoms with Crippen molar-refractivity contribution in [3.63, 3.8) is 0 Å². The van der Waals surface area contributed by atoms with Crippen LogP contribution in [-0.4, -0.2) is 5.75 Å². The molecular weight excluding hydrogens is 236 g/mol. The second-order valence-electron chi connectivity index (χ2n) is 3.41. The van der Waals surface area contributed by atoms with E-state index in [1.807, 2.05) is 22.1 Å². The lowest BCUT2D eigenvalue weighted by atomic mass is 10.1. The molecule has 0 N–H and O–H groups in total. The molecule has 1 fully saturated rings. The van der Waals surface area contributed by atoms with E-state index in [0.717, 1.165) is 9.74 Å². The maximum absolute atomic E-state index is 5.10. The van der Waals surface area contributed by atoms with Gasteiger partial charge in [0.25, 0.3) is 0 Å². The van der Waals surface area contributed by atoms with Crippen molar-refractivity contribution >= 4 is 44.7 Å². The smallest absolute Gasteiger partial charge is 0.103 e. The second kappa shape index (κ2) is 4.91. The molecule has 1 heterocycles. The summed E-state index contributed by atoms with van der Waals surface area (Å²) in [5.74, 6) is 2.29. The maximum atomic E-state index is 5.10. The van der Waals surface area contributed by atoms with Crippen LogP contribution in [0.3, 0.4) is 0 Å². The molecule has 0 spiro atoms. The van der Waals surface area contributed by atoms with Crippen LogP contribution in [0.2, 0.25) is 0 Å². The van der Waals surface area contributed by atoms with Crippen molar-refractivity contribution in [1.29, 1.82) is 0 Å². The van der Waals surface area contributed by atoms with Crippen molar-refractivity contribution in [3.05, 3.63) is 9.89 Å². The van der Waals surface area contributed by atoms with Gasteiger partial charge in [-0.15, -0.1) is 11.8 Å². The van der Waals surface area contributed by atoms with Gasteiger partial charge >= 0.3 is 0 Å². The molecule has 0 saturated heterocycles. The Morgan fingerprint density at radius 1 is 1.38 bits per heavy atom. The van der Waals surface area contributed by atoms with E-state index in [-0.39, 0.29) is 0 Å². The molecule has 4 heteroatoms. The number of rotatable bonds is 3. The van der Waals surface area contributed by atoms with Crippen molar-refractivity contribution in [1.82, 2.24) is 0 Å². The lowest BCUT2D eigenvalue weighted by molar-refractivity contribution is 0.623. The SMILES string of the molecule is S=c1cc(SCC2CCCC2)ss1. The van der Waals surface area contributed by atoms with Gasteiger partial charge in [0.05, 0.1) is 4.21 Å². The molecular formula is C9H12S4. The minimum absolute atomic E-state index is 0.977. The van der Waals surface area contributed by atoms with E-state index in [4.69, 9.17) is 12.2 Å². The molecule has 2 rings (SSSR count). The Balaban J connectivity index is 1.82. The molecule has 1 aromatic heterocycles. The van der Waals surface area contributed by atoms with Gasteiger partial charge in [0.1, 0.15) is 3.82 Å². The normalized spacial score (nSPS) is 18.2. The molecule has 0 aliphatic heterocycles. The number of hydrogen-bond donors (Lipinski definition) is 0. The second-order valence-corrected chi connectivity index (χ2v) is 7.64. The van der Waals surface area contributed by atoms with E-state index in [9.17, 15) is 0 Å². The third-order valence-corrected chi connectivity index (χ3v) is 7.00. The Morgan fingerprint density at radius 3 is 2.77 bits per heavy atom. The summed E-state index contributed by atoms with van der Waals surface area (Å²) in [6, 6.07) is 2.14. The predicted molar refractivity (Wildman–Crippen MR) is 65.7 cm³/mol. The molecule has 1 aliphatic rings. The number of hydrogen-bond acceptors (Lipinski definition) is 4. The Bertz CT molecular complexity index is 305. The van der Waals surface area contributed by atoms with E-state index < -0.39 is 0 Å². The third kappa shape index (κ3) is 3.05. The van der Waals surface area contributed by atoms with E-state index in [1.165, 1.54) is 35.6 Å². The highest BCUT2D eigenvalue weighted by atomic mass is 32.9. The summed E-state index contributed by atoms with van der Waals surface area (Å²) in [5.41, 5.74) is 0. The zero-order valence-electron chi connectivity index (χ0n) is 7.32. The van der Waals surface area contributed by atoms with Gasteiger partial charge in [-0.1, -0.05) is 45.7 Å². The minimum atomic E-state index is 0.977. The Hall–Kier alpha value is 0.620. The fourth-order valence-electron chi connectivity index (χ4n) is 1.67. The zero-order valence-corrected chi connectivity index (χ0v) is 10.6. The van der Waals surface area contributed by atoms with E-state index >= 15 is 0 Å². The first-order valence-corrected chi connectivity index (χ1v) is 8.12. The average Bonchev–Trinajstić information content (AvgIpc) is 2.71. The van der Waals surface area contributed by atoms with Gasteiger partial charge in [-0.3, -0.25) is 0 Å². The van der Waals surface area contributed by atoms with Gasteiger partial charge in [-0.05, 0) is 24.8 Å². The van der Waals surface area contributed by atoms with Crippen molar-refractivity contribution in [2.75, 3.05) is 5.75 Å². The van der Waals surface area contributed by atoms with Crippen molar-refractivity contribution in [2.45, 2.75) is 29.9 Å². The Kier molecular flexibility index (Phi) is 3.84.